The average Bonchev–Trinajstić information content (AvgIpc) is 2.29. The zero-order valence-corrected chi connectivity index (χ0v) is 8.60. The van der Waals surface area contributed by atoms with Gasteiger partial charge in [-0.3, -0.25) is 0 Å². The van der Waals surface area contributed by atoms with E-state index >= 15 is 0 Å². The van der Waals surface area contributed by atoms with Crippen LogP contribution in [0.2, 0.25) is 0 Å². The minimum absolute atomic E-state index is 0.737. The van der Waals surface area contributed by atoms with Crippen LogP contribution in [0.5, 0.6) is 5.75 Å². The van der Waals surface area contributed by atoms with Gasteiger partial charge in [-0.25, -0.2) is 0 Å². The molecule has 0 unspecified atom stereocenters. The van der Waals surface area contributed by atoms with Crippen molar-refractivity contribution in [1.82, 2.24) is 0 Å². The summed E-state index contributed by atoms with van der Waals surface area (Å²) >= 11 is 0. The molecule has 2 aromatic rings. The SMILES string of the molecule is COc1cccc(N)c1-c1ccccc1. The van der Waals surface area contributed by atoms with Crippen molar-refractivity contribution in [1.29, 1.82) is 0 Å². The van der Waals surface area contributed by atoms with Gasteiger partial charge in [0.1, 0.15) is 5.75 Å². The third-order valence-electron chi connectivity index (χ3n) is 2.34. The molecule has 0 bridgehead atoms. The van der Waals surface area contributed by atoms with Crippen molar-refractivity contribution < 1.29 is 4.74 Å². The molecule has 0 atom stereocenters. The Hall–Kier alpha value is -1.96. The molecule has 2 N–H and O–H groups in total. The minimum Gasteiger partial charge on any atom is -0.496 e. The van der Waals surface area contributed by atoms with E-state index in [4.69, 9.17) is 10.5 Å². The zero-order valence-electron chi connectivity index (χ0n) is 8.60. The van der Waals surface area contributed by atoms with Gasteiger partial charge >= 0.3 is 0 Å². The molecule has 0 aromatic heterocycles. The van der Waals surface area contributed by atoms with E-state index in [1.165, 1.54) is 0 Å². The molecule has 2 heteroatoms. The average molecular weight is 199 g/mol. The second kappa shape index (κ2) is 4.05. The Bertz CT molecular complexity index is 451. The monoisotopic (exact) mass is 199 g/mol. The van der Waals surface area contributed by atoms with Gasteiger partial charge in [0.25, 0.3) is 0 Å². The topological polar surface area (TPSA) is 35.2 Å². The van der Waals surface area contributed by atoms with Crippen molar-refractivity contribution in [2.24, 2.45) is 0 Å². The number of rotatable bonds is 2. The summed E-state index contributed by atoms with van der Waals surface area (Å²) in [6.07, 6.45) is 0. The molecule has 0 heterocycles. The maximum Gasteiger partial charge on any atom is 0.128 e. The third kappa shape index (κ3) is 1.79. The van der Waals surface area contributed by atoms with Crippen molar-refractivity contribution in [3.63, 3.8) is 0 Å². The normalized spacial score (nSPS) is 9.93. The van der Waals surface area contributed by atoms with Gasteiger partial charge in [-0.05, 0) is 17.7 Å². The lowest BCUT2D eigenvalue weighted by Crippen LogP contribution is -1.93. The summed E-state index contributed by atoms with van der Waals surface area (Å²) in [5, 5.41) is 0. The fourth-order valence-corrected chi connectivity index (χ4v) is 1.63. The second-order valence-electron chi connectivity index (χ2n) is 3.29. The first kappa shape index (κ1) is 9.59. The van der Waals surface area contributed by atoms with E-state index in [-0.39, 0.29) is 0 Å². The van der Waals surface area contributed by atoms with Crippen LogP contribution in [0, 0.1) is 0 Å². The number of methoxy groups -OCH3 is 1. The molecule has 2 aromatic carbocycles. The number of hydrogen-bond acceptors (Lipinski definition) is 2. The molecule has 2 nitrogen and oxygen atoms in total. The predicted octanol–water partition coefficient (Wildman–Crippen LogP) is 2.94. The first-order valence-electron chi connectivity index (χ1n) is 4.81. The molecule has 0 amide bonds. The summed E-state index contributed by atoms with van der Waals surface area (Å²) < 4.78 is 5.30. The van der Waals surface area contributed by atoms with E-state index in [1.807, 2.05) is 48.5 Å². The van der Waals surface area contributed by atoms with Crippen LogP contribution < -0.4 is 10.5 Å². The summed E-state index contributed by atoms with van der Waals surface area (Å²) in [6.45, 7) is 0. The van der Waals surface area contributed by atoms with E-state index in [0.717, 1.165) is 22.6 Å². The van der Waals surface area contributed by atoms with Crippen LogP contribution in [0.15, 0.2) is 48.5 Å². The molecule has 0 aliphatic rings. The van der Waals surface area contributed by atoms with E-state index in [1.54, 1.807) is 7.11 Å². The highest BCUT2D eigenvalue weighted by Gasteiger charge is 2.07. The van der Waals surface area contributed by atoms with Crippen LogP contribution >= 0.6 is 0 Å². The highest BCUT2D eigenvalue weighted by atomic mass is 16.5. The van der Waals surface area contributed by atoms with Crippen LogP contribution in [-0.4, -0.2) is 7.11 Å². The maximum absolute atomic E-state index is 5.95. The van der Waals surface area contributed by atoms with Gasteiger partial charge in [-0.2, -0.15) is 0 Å². The number of ether oxygens (including phenoxy) is 1. The van der Waals surface area contributed by atoms with Crippen LogP contribution in [-0.2, 0) is 0 Å². The molecular weight excluding hydrogens is 186 g/mol. The van der Waals surface area contributed by atoms with Gasteiger partial charge in [0.2, 0.25) is 0 Å². The molecular formula is C13H13NO. The molecule has 0 saturated carbocycles. The van der Waals surface area contributed by atoms with E-state index in [0.29, 0.717) is 0 Å². The summed E-state index contributed by atoms with van der Waals surface area (Å²) in [5.74, 6) is 0.807. The summed E-state index contributed by atoms with van der Waals surface area (Å²) in [5.41, 5.74) is 8.72. The zero-order chi connectivity index (χ0) is 10.7. The van der Waals surface area contributed by atoms with Crippen molar-refractivity contribution in [2.75, 3.05) is 12.8 Å². The van der Waals surface area contributed by atoms with Crippen molar-refractivity contribution in [3.05, 3.63) is 48.5 Å². The van der Waals surface area contributed by atoms with Crippen molar-refractivity contribution in [3.8, 4) is 16.9 Å². The Morgan fingerprint density at radius 2 is 1.67 bits per heavy atom. The lowest BCUT2D eigenvalue weighted by Gasteiger charge is -2.10. The van der Waals surface area contributed by atoms with Crippen molar-refractivity contribution >= 4 is 5.69 Å². The molecule has 0 saturated heterocycles. The molecule has 0 aliphatic heterocycles. The Kier molecular flexibility index (Phi) is 2.59. The van der Waals surface area contributed by atoms with Crippen LogP contribution in [0.3, 0.4) is 0 Å². The van der Waals surface area contributed by atoms with Gasteiger partial charge in [-0.15, -0.1) is 0 Å². The lowest BCUT2D eigenvalue weighted by atomic mass is 10.0. The second-order valence-corrected chi connectivity index (χ2v) is 3.29. The van der Waals surface area contributed by atoms with Gasteiger partial charge in [-0.1, -0.05) is 36.4 Å². The van der Waals surface area contributed by atoms with Gasteiger partial charge in [0.05, 0.1) is 7.11 Å². The molecule has 0 radical (unpaired) electrons. The molecule has 0 fully saturated rings. The number of nitrogens with two attached hydrogens (primary N) is 1. The highest BCUT2D eigenvalue weighted by Crippen LogP contribution is 2.34. The van der Waals surface area contributed by atoms with Crippen LogP contribution in [0.25, 0.3) is 11.1 Å². The van der Waals surface area contributed by atoms with Gasteiger partial charge < -0.3 is 10.5 Å². The Morgan fingerprint density at radius 3 is 2.33 bits per heavy atom. The number of anilines is 1. The first-order valence-corrected chi connectivity index (χ1v) is 4.81. The summed E-state index contributed by atoms with van der Waals surface area (Å²) in [6, 6.07) is 15.7. The highest BCUT2D eigenvalue weighted by molar-refractivity contribution is 5.81. The standard InChI is InChI=1S/C13H13NO/c1-15-12-9-5-8-11(14)13(12)10-6-3-2-4-7-10/h2-9H,14H2,1H3. The lowest BCUT2D eigenvalue weighted by molar-refractivity contribution is 0.416. The van der Waals surface area contributed by atoms with Crippen LogP contribution in [0.4, 0.5) is 5.69 Å². The third-order valence-corrected chi connectivity index (χ3v) is 2.34. The van der Waals surface area contributed by atoms with Crippen LogP contribution in [0.1, 0.15) is 0 Å². The molecule has 2 rings (SSSR count). The molecule has 0 aliphatic carbocycles. The Balaban J connectivity index is 2.61. The first-order chi connectivity index (χ1) is 7.33. The predicted molar refractivity (Wildman–Crippen MR) is 62.8 cm³/mol. The molecule has 15 heavy (non-hydrogen) atoms. The fraction of sp³-hybridized carbons (Fsp3) is 0.0769. The Morgan fingerprint density at radius 1 is 0.933 bits per heavy atom. The number of nitrogen functional groups attached to an aromatic ring is 1. The van der Waals surface area contributed by atoms with E-state index in [2.05, 4.69) is 0 Å². The quantitative estimate of drug-likeness (QED) is 0.755. The number of benzene rings is 2. The van der Waals surface area contributed by atoms with E-state index in [9.17, 15) is 0 Å². The fourth-order valence-electron chi connectivity index (χ4n) is 1.63. The van der Waals surface area contributed by atoms with Gasteiger partial charge in [0.15, 0.2) is 0 Å². The Labute approximate surface area is 89.3 Å². The largest absolute Gasteiger partial charge is 0.496 e. The van der Waals surface area contributed by atoms with Gasteiger partial charge in [0, 0.05) is 11.3 Å². The van der Waals surface area contributed by atoms with Crippen molar-refractivity contribution in [2.45, 2.75) is 0 Å². The van der Waals surface area contributed by atoms with E-state index < -0.39 is 0 Å². The molecule has 76 valence electrons. The smallest absolute Gasteiger partial charge is 0.128 e. The minimum atomic E-state index is 0.737. The molecule has 0 spiro atoms. The summed E-state index contributed by atoms with van der Waals surface area (Å²) in [4.78, 5) is 0. The maximum atomic E-state index is 5.95. The number of hydrogen-bond donors (Lipinski definition) is 1. The summed E-state index contributed by atoms with van der Waals surface area (Å²) in [7, 11) is 1.65.